The lowest BCUT2D eigenvalue weighted by Crippen LogP contribution is -2.48. The Morgan fingerprint density at radius 1 is 1.29 bits per heavy atom. The van der Waals surface area contributed by atoms with Gasteiger partial charge in [-0.05, 0) is 31.9 Å². The Kier molecular flexibility index (Phi) is 6.51. The molecule has 2 saturated heterocycles. The van der Waals surface area contributed by atoms with Gasteiger partial charge in [0.25, 0.3) is 0 Å². The summed E-state index contributed by atoms with van der Waals surface area (Å²) in [6.45, 7) is 3.21. The Hall–Kier alpha value is -2.61. The molecule has 0 bridgehead atoms. The van der Waals surface area contributed by atoms with Crippen LogP contribution in [0.3, 0.4) is 0 Å². The van der Waals surface area contributed by atoms with E-state index in [1.807, 2.05) is 19.1 Å². The molecule has 1 atom stereocenters. The van der Waals surface area contributed by atoms with E-state index < -0.39 is 11.9 Å². The van der Waals surface area contributed by atoms with Crippen molar-refractivity contribution in [2.24, 2.45) is 5.92 Å². The molecule has 1 aromatic carbocycles. The second kappa shape index (κ2) is 9.05. The van der Waals surface area contributed by atoms with Crippen LogP contribution in [0.1, 0.15) is 26.2 Å². The van der Waals surface area contributed by atoms with E-state index in [1.54, 1.807) is 17.0 Å². The number of para-hydroxylation sites is 2. The number of ether oxygens (including phenoxy) is 2. The monoisotopic (exact) mass is 390 g/mol. The van der Waals surface area contributed by atoms with Gasteiger partial charge in [-0.25, -0.2) is 0 Å². The molecule has 8 nitrogen and oxygen atoms in total. The van der Waals surface area contributed by atoms with Crippen molar-refractivity contribution < 1.29 is 29.0 Å². The van der Waals surface area contributed by atoms with Gasteiger partial charge in [0.15, 0.2) is 0 Å². The van der Waals surface area contributed by atoms with Gasteiger partial charge in [0.1, 0.15) is 12.3 Å². The summed E-state index contributed by atoms with van der Waals surface area (Å²) >= 11 is 0. The van der Waals surface area contributed by atoms with E-state index in [-0.39, 0.29) is 37.4 Å². The summed E-state index contributed by atoms with van der Waals surface area (Å²) in [6, 6.07) is 7.07. The first-order valence-electron chi connectivity index (χ1n) is 9.63. The molecule has 2 amide bonds. The van der Waals surface area contributed by atoms with Crippen LogP contribution in [-0.4, -0.2) is 66.7 Å². The first-order valence-corrected chi connectivity index (χ1v) is 9.63. The molecule has 28 heavy (non-hydrogen) atoms. The molecular weight excluding hydrogens is 364 g/mol. The summed E-state index contributed by atoms with van der Waals surface area (Å²) in [4.78, 5) is 40.1. The van der Waals surface area contributed by atoms with Crippen LogP contribution >= 0.6 is 0 Å². The van der Waals surface area contributed by atoms with E-state index in [4.69, 9.17) is 9.47 Å². The minimum Gasteiger partial charge on any atom is -0.492 e. The van der Waals surface area contributed by atoms with Gasteiger partial charge in [0.2, 0.25) is 11.8 Å². The molecule has 0 spiro atoms. The van der Waals surface area contributed by atoms with Gasteiger partial charge in [-0.1, -0.05) is 12.1 Å². The lowest BCUT2D eigenvalue weighted by Gasteiger charge is -2.34. The molecular formula is C20H26N2O6. The highest BCUT2D eigenvalue weighted by Gasteiger charge is 2.40. The molecule has 0 aliphatic carbocycles. The van der Waals surface area contributed by atoms with E-state index in [9.17, 15) is 19.5 Å². The Labute approximate surface area is 164 Å². The number of carboxylic acid groups (broad SMARTS) is 1. The van der Waals surface area contributed by atoms with Gasteiger partial charge in [0.05, 0.1) is 18.2 Å². The summed E-state index contributed by atoms with van der Waals surface area (Å²) in [5, 5.41) is 9.26. The number of carbonyl (C=O) groups excluding carboxylic acids is 2. The van der Waals surface area contributed by atoms with E-state index >= 15 is 0 Å². The number of amides is 2. The first-order chi connectivity index (χ1) is 13.5. The molecule has 1 aromatic rings. The maximum absolute atomic E-state index is 13.1. The Balaban J connectivity index is 1.77. The third-order valence-electron chi connectivity index (χ3n) is 5.15. The fourth-order valence-corrected chi connectivity index (χ4v) is 3.83. The molecule has 2 aliphatic heterocycles. The average molecular weight is 390 g/mol. The van der Waals surface area contributed by atoms with Crippen molar-refractivity contribution in [3.63, 3.8) is 0 Å². The van der Waals surface area contributed by atoms with Gasteiger partial charge >= 0.3 is 5.97 Å². The van der Waals surface area contributed by atoms with Gasteiger partial charge in [0, 0.05) is 32.2 Å². The summed E-state index contributed by atoms with van der Waals surface area (Å²) in [6.07, 6.45) is 1.28. The maximum Gasteiger partial charge on any atom is 0.323 e. The predicted octanol–water partition coefficient (Wildman–Crippen LogP) is 1.53. The number of hydrogen-bond acceptors (Lipinski definition) is 5. The Morgan fingerprint density at radius 3 is 2.68 bits per heavy atom. The molecule has 2 heterocycles. The van der Waals surface area contributed by atoms with Crippen LogP contribution in [0.4, 0.5) is 5.69 Å². The highest BCUT2D eigenvalue weighted by molar-refractivity contribution is 6.01. The van der Waals surface area contributed by atoms with E-state index in [1.165, 1.54) is 4.90 Å². The van der Waals surface area contributed by atoms with Crippen LogP contribution in [0, 0.1) is 5.92 Å². The van der Waals surface area contributed by atoms with Crippen molar-refractivity contribution in [2.45, 2.75) is 32.2 Å². The zero-order valence-corrected chi connectivity index (χ0v) is 16.0. The predicted molar refractivity (Wildman–Crippen MR) is 101 cm³/mol. The molecule has 152 valence electrons. The molecule has 2 aliphatic rings. The van der Waals surface area contributed by atoms with Crippen LogP contribution in [0.5, 0.6) is 5.75 Å². The van der Waals surface area contributed by atoms with Crippen molar-refractivity contribution in [1.29, 1.82) is 0 Å². The second-order valence-electron chi connectivity index (χ2n) is 7.01. The zero-order chi connectivity index (χ0) is 20.1. The van der Waals surface area contributed by atoms with Gasteiger partial charge < -0.3 is 24.4 Å². The van der Waals surface area contributed by atoms with E-state index in [0.717, 1.165) is 0 Å². The van der Waals surface area contributed by atoms with Crippen LogP contribution in [-0.2, 0) is 19.1 Å². The van der Waals surface area contributed by atoms with Gasteiger partial charge in [-0.3, -0.25) is 14.4 Å². The number of carbonyl (C=O) groups is 3. The summed E-state index contributed by atoms with van der Waals surface area (Å²) in [5.41, 5.74) is 0.639. The van der Waals surface area contributed by atoms with Crippen molar-refractivity contribution >= 4 is 23.5 Å². The molecule has 1 N–H and O–H groups in total. The van der Waals surface area contributed by atoms with Crippen LogP contribution < -0.4 is 9.64 Å². The number of carboxylic acids is 1. The maximum atomic E-state index is 13.1. The minimum absolute atomic E-state index is 0.0681. The minimum atomic E-state index is -1.05. The summed E-state index contributed by atoms with van der Waals surface area (Å²) in [7, 11) is 0. The molecule has 0 saturated carbocycles. The van der Waals surface area contributed by atoms with Crippen molar-refractivity contribution in [1.82, 2.24) is 4.90 Å². The standard InChI is InChI=1S/C20H26N2O6/c1-2-28-17-6-4-3-5-16(17)22-12-14(11-18(22)23)20(26)21(13-19(24)25)15-7-9-27-10-8-15/h3-6,14-15H,2,7-13H2,1H3,(H,24,25)/t14-/m1/s1. The number of aliphatic carboxylic acids is 1. The Bertz CT molecular complexity index is 731. The molecule has 3 rings (SSSR count). The largest absolute Gasteiger partial charge is 0.492 e. The SMILES string of the molecule is CCOc1ccccc1N1C[C@H](C(=O)N(CC(=O)O)C2CCOCC2)CC1=O. The summed E-state index contributed by atoms with van der Waals surface area (Å²) in [5.74, 6) is -1.46. The van der Waals surface area contributed by atoms with Crippen LogP contribution in [0.2, 0.25) is 0 Å². The molecule has 2 fully saturated rings. The number of rotatable bonds is 7. The van der Waals surface area contributed by atoms with Gasteiger partial charge in [-0.15, -0.1) is 0 Å². The van der Waals surface area contributed by atoms with E-state index in [0.29, 0.717) is 44.1 Å². The van der Waals surface area contributed by atoms with Crippen molar-refractivity contribution in [2.75, 3.05) is 37.8 Å². The van der Waals surface area contributed by atoms with Crippen LogP contribution in [0.25, 0.3) is 0 Å². The quantitative estimate of drug-likeness (QED) is 0.759. The number of hydrogen-bond donors (Lipinski definition) is 1. The van der Waals surface area contributed by atoms with Crippen molar-refractivity contribution in [3.8, 4) is 5.75 Å². The molecule has 0 aromatic heterocycles. The lowest BCUT2D eigenvalue weighted by molar-refractivity contribution is -0.149. The highest BCUT2D eigenvalue weighted by Crippen LogP contribution is 2.34. The number of benzene rings is 1. The lowest BCUT2D eigenvalue weighted by atomic mass is 10.0. The molecule has 0 radical (unpaired) electrons. The first kappa shape index (κ1) is 20.1. The van der Waals surface area contributed by atoms with Crippen LogP contribution in [0.15, 0.2) is 24.3 Å². The third kappa shape index (κ3) is 4.44. The smallest absolute Gasteiger partial charge is 0.323 e. The highest BCUT2D eigenvalue weighted by atomic mass is 16.5. The number of nitrogens with zero attached hydrogens (tertiary/aromatic N) is 2. The van der Waals surface area contributed by atoms with E-state index in [2.05, 4.69) is 0 Å². The molecule has 0 unspecified atom stereocenters. The zero-order valence-electron chi connectivity index (χ0n) is 16.0. The number of anilines is 1. The molecule has 8 heteroatoms. The Morgan fingerprint density at radius 2 is 2.00 bits per heavy atom. The second-order valence-corrected chi connectivity index (χ2v) is 7.01. The van der Waals surface area contributed by atoms with Gasteiger partial charge in [-0.2, -0.15) is 0 Å². The normalized spacial score (nSPS) is 20.2. The summed E-state index contributed by atoms with van der Waals surface area (Å²) < 4.78 is 10.9. The third-order valence-corrected chi connectivity index (χ3v) is 5.15. The average Bonchev–Trinajstić information content (AvgIpc) is 3.08. The van der Waals surface area contributed by atoms with Crippen molar-refractivity contribution in [3.05, 3.63) is 24.3 Å². The topological polar surface area (TPSA) is 96.4 Å². The fraction of sp³-hybridized carbons (Fsp3) is 0.550. The fourth-order valence-electron chi connectivity index (χ4n) is 3.83.